The Morgan fingerprint density at radius 2 is 1.48 bits per heavy atom. The Bertz CT molecular complexity index is 675. The van der Waals surface area contributed by atoms with Crippen molar-refractivity contribution in [2.45, 2.75) is 19.9 Å². The highest BCUT2D eigenvalue weighted by Gasteiger charge is 2.08. The van der Waals surface area contributed by atoms with Crippen LogP contribution in [0.25, 0.3) is 11.1 Å². The smallest absolute Gasteiger partial charge is 0.337 e. The Labute approximate surface area is 136 Å². The highest BCUT2D eigenvalue weighted by molar-refractivity contribution is 5.89. The minimum Gasteiger partial charge on any atom is -0.465 e. The van der Waals surface area contributed by atoms with Gasteiger partial charge in [0.2, 0.25) is 5.91 Å². The van der Waals surface area contributed by atoms with Crippen molar-refractivity contribution in [2.24, 2.45) is 0 Å². The number of hydrogen-bond donors (Lipinski definition) is 0. The van der Waals surface area contributed by atoms with Crippen LogP contribution in [0.3, 0.4) is 0 Å². The van der Waals surface area contributed by atoms with Crippen molar-refractivity contribution in [1.82, 2.24) is 4.90 Å². The lowest BCUT2D eigenvalue weighted by atomic mass is 10.0. The maximum absolute atomic E-state index is 11.6. The van der Waals surface area contributed by atoms with Gasteiger partial charge in [-0.05, 0) is 28.8 Å². The molecule has 0 aromatic heterocycles. The van der Waals surface area contributed by atoms with Gasteiger partial charge in [0.1, 0.15) is 0 Å². The summed E-state index contributed by atoms with van der Waals surface area (Å²) >= 11 is 0. The van der Waals surface area contributed by atoms with E-state index < -0.39 is 0 Å². The fraction of sp³-hybridized carbons (Fsp3) is 0.263. The van der Waals surface area contributed by atoms with E-state index in [1.165, 1.54) is 7.11 Å². The summed E-state index contributed by atoms with van der Waals surface area (Å²) in [5, 5.41) is 0. The topological polar surface area (TPSA) is 46.6 Å². The van der Waals surface area contributed by atoms with E-state index in [2.05, 4.69) is 0 Å². The molecule has 4 heteroatoms. The van der Waals surface area contributed by atoms with Crippen LogP contribution in [-0.4, -0.2) is 30.9 Å². The number of esters is 1. The number of carbonyl (C=O) groups is 2. The summed E-state index contributed by atoms with van der Waals surface area (Å²) in [5.74, 6) is -0.206. The van der Waals surface area contributed by atoms with Crippen molar-refractivity contribution in [3.05, 3.63) is 59.7 Å². The summed E-state index contributed by atoms with van der Waals surface area (Å²) in [7, 11) is 3.18. The van der Waals surface area contributed by atoms with E-state index >= 15 is 0 Å². The van der Waals surface area contributed by atoms with Crippen LogP contribution >= 0.6 is 0 Å². The number of benzene rings is 2. The first-order chi connectivity index (χ1) is 11.0. The summed E-state index contributed by atoms with van der Waals surface area (Å²) in [6.07, 6.45) is 0.515. The van der Waals surface area contributed by atoms with Crippen LogP contribution in [0.4, 0.5) is 0 Å². The van der Waals surface area contributed by atoms with Crippen LogP contribution in [0, 0.1) is 0 Å². The predicted octanol–water partition coefficient (Wildman–Crippen LogP) is 3.51. The van der Waals surface area contributed by atoms with Gasteiger partial charge in [-0.3, -0.25) is 4.79 Å². The Morgan fingerprint density at radius 3 is 1.96 bits per heavy atom. The zero-order valence-corrected chi connectivity index (χ0v) is 13.7. The van der Waals surface area contributed by atoms with E-state index in [-0.39, 0.29) is 11.9 Å². The molecule has 120 valence electrons. The molecule has 1 amide bonds. The number of carbonyl (C=O) groups excluding carboxylic acids is 2. The van der Waals surface area contributed by atoms with Crippen molar-refractivity contribution in [3.63, 3.8) is 0 Å². The van der Waals surface area contributed by atoms with Gasteiger partial charge in [-0.25, -0.2) is 4.79 Å². The van der Waals surface area contributed by atoms with Crippen molar-refractivity contribution >= 4 is 11.9 Å². The van der Waals surface area contributed by atoms with Crippen LogP contribution in [0.2, 0.25) is 0 Å². The zero-order chi connectivity index (χ0) is 16.8. The van der Waals surface area contributed by atoms with Gasteiger partial charge >= 0.3 is 5.97 Å². The van der Waals surface area contributed by atoms with Gasteiger partial charge in [-0.2, -0.15) is 0 Å². The van der Waals surface area contributed by atoms with E-state index in [4.69, 9.17) is 4.74 Å². The molecule has 23 heavy (non-hydrogen) atoms. The molecule has 2 aromatic carbocycles. The fourth-order valence-corrected chi connectivity index (χ4v) is 2.35. The third-order valence-corrected chi connectivity index (χ3v) is 3.74. The zero-order valence-electron chi connectivity index (χ0n) is 13.7. The lowest BCUT2D eigenvalue weighted by molar-refractivity contribution is -0.130. The van der Waals surface area contributed by atoms with Crippen molar-refractivity contribution < 1.29 is 14.3 Å². The van der Waals surface area contributed by atoms with Crippen LogP contribution < -0.4 is 0 Å². The highest BCUT2D eigenvalue weighted by Crippen LogP contribution is 2.21. The molecule has 0 aliphatic rings. The number of ether oxygens (including phenoxy) is 1. The molecule has 0 N–H and O–H groups in total. The van der Waals surface area contributed by atoms with E-state index in [1.807, 2.05) is 50.4 Å². The summed E-state index contributed by atoms with van der Waals surface area (Å²) in [6.45, 7) is 2.47. The van der Waals surface area contributed by atoms with Gasteiger partial charge in [0, 0.05) is 20.0 Å². The summed E-state index contributed by atoms with van der Waals surface area (Å²) < 4.78 is 4.69. The molecule has 0 saturated carbocycles. The van der Waals surface area contributed by atoms with Gasteiger partial charge < -0.3 is 9.64 Å². The van der Waals surface area contributed by atoms with E-state index in [1.54, 1.807) is 17.0 Å². The van der Waals surface area contributed by atoms with Crippen LogP contribution in [0.5, 0.6) is 0 Å². The molecule has 0 atom stereocenters. The van der Waals surface area contributed by atoms with Gasteiger partial charge in [0.05, 0.1) is 12.7 Å². The molecule has 2 aromatic rings. The number of methoxy groups -OCH3 is 1. The minimum absolute atomic E-state index is 0.132. The molecule has 4 nitrogen and oxygen atoms in total. The molecule has 0 saturated heterocycles. The second-order valence-corrected chi connectivity index (χ2v) is 5.37. The van der Waals surface area contributed by atoms with Gasteiger partial charge in [0.25, 0.3) is 0 Å². The molecular weight excluding hydrogens is 290 g/mol. The van der Waals surface area contributed by atoms with Crippen molar-refractivity contribution in [1.29, 1.82) is 0 Å². The quantitative estimate of drug-likeness (QED) is 0.794. The number of rotatable bonds is 5. The van der Waals surface area contributed by atoms with E-state index in [9.17, 15) is 9.59 Å². The number of amides is 1. The molecule has 0 spiro atoms. The molecule has 0 bridgehead atoms. The standard InChI is InChI=1S/C19H21NO3/c1-4-18(21)20(2)13-14-5-7-15(8-6-14)16-9-11-17(12-10-16)19(22)23-3/h5-12H,4,13H2,1-3H3. The molecular formula is C19H21NO3. The van der Waals surface area contributed by atoms with Gasteiger partial charge in [-0.15, -0.1) is 0 Å². The average molecular weight is 311 g/mol. The summed E-state index contributed by atoms with van der Waals surface area (Å²) in [6, 6.07) is 15.4. The van der Waals surface area contributed by atoms with Crippen LogP contribution in [0.15, 0.2) is 48.5 Å². The first-order valence-corrected chi connectivity index (χ1v) is 7.56. The van der Waals surface area contributed by atoms with E-state index in [0.29, 0.717) is 18.5 Å². The Kier molecular flexibility index (Phi) is 5.52. The molecule has 0 fully saturated rings. The number of hydrogen-bond acceptors (Lipinski definition) is 3. The molecule has 0 radical (unpaired) electrons. The second-order valence-electron chi connectivity index (χ2n) is 5.37. The normalized spacial score (nSPS) is 10.2. The van der Waals surface area contributed by atoms with Crippen LogP contribution in [0.1, 0.15) is 29.3 Å². The average Bonchev–Trinajstić information content (AvgIpc) is 2.61. The largest absolute Gasteiger partial charge is 0.465 e. The second kappa shape index (κ2) is 7.58. The lowest BCUT2D eigenvalue weighted by Crippen LogP contribution is -2.25. The molecule has 2 rings (SSSR count). The number of nitrogens with zero attached hydrogens (tertiary/aromatic N) is 1. The molecule has 0 heterocycles. The third-order valence-electron chi connectivity index (χ3n) is 3.74. The monoisotopic (exact) mass is 311 g/mol. The van der Waals surface area contributed by atoms with Crippen molar-refractivity contribution in [2.75, 3.05) is 14.2 Å². The molecule has 0 unspecified atom stereocenters. The SMILES string of the molecule is CCC(=O)N(C)Cc1ccc(-c2ccc(C(=O)OC)cc2)cc1. The first-order valence-electron chi connectivity index (χ1n) is 7.56. The highest BCUT2D eigenvalue weighted by atomic mass is 16.5. The van der Waals surface area contributed by atoms with Gasteiger partial charge in [-0.1, -0.05) is 43.3 Å². The summed E-state index contributed by atoms with van der Waals surface area (Å²) in [4.78, 5) is 24.8. The van der Waals surface area contributed by atoms with Crippen molar-refractivity contribution in [3.8, 4) is 11.1 Å². The Balaban J connectivity index is 2.10. The minimum atomic E-state index is -0.337. The van der Waals surface area contributed by atoms with Gasteiger partial charge in [0.15, 0.2) is 0 Å². The summed E-state index contributed by atoms with van der Waals surface area (Å²) in [5.41, 5.74) is 3.72. The van der Waals surface area contributed by atoms with E-state index in [0.717, 1.165) is 16.7 Å². The van der Waals surface area contributed by atoms with Crippen LogP contribution in [-0.2, 0) is 16.1 Å². The maximum atomic E-state index is 11.6. The molecule has 0 aliphatic carbocycles. The first kappa shape index (κ1) is 16.7. The lowest BCUT2D eigenvalue weighted by Gasteiger charge is -2.16. The maximum Gasteiger partial charge on any atom is 0.337 e. The Morgan fingerprint density at radius 1 is 0.957 bits per heavy atom. The molecule has 0 aliphatic heterocycles. The predicted molar refractivity (Wildman–Crippen MR) is 90.0 cm³/mol. The Hall–Kier alpha value is -2.62. The fourth-order valence-electron chi connectivity index (χ4n) is 2.35. The third kappa shape index (κ3) is 4.19.